The van der Waals surface area contributed by atoms with Crippen LogP contribution in [0.15, 0.2) is 29.2 Å². The average molecular weight is 326 g/mol. The van der Waals surface area contributed by atoms with E-state index in [-0.39, 0.29) is 0 Å². The van der Waals surface area contributed by atoms with Crippen molar-refractivity contribution < 1.29 is 8.42 Å². The van der Waals surface area contributed by atoms with Gasteiger partial charge in [0.25, 0.3) is 0 Å². The molecule has 0 amide bonds. The molecule has 0 atom stereocenters. The Kier molecular flexibility index (Phi) is 6.63. The van der Waals surface area contributed by atoms with Gasteiger partial charge in [0.15, 0.2) is 9.84 Å². The number of rotatable bonds is 2. The molecule has 2 heterocycles. The average Bonchev–Trinajstić information content (AvgIpc) is 2.57. The highest BCUT2D eigenvalue weighted by Crippen LogP contribution is 2.18. The van der Waals surface area contributed by atoms with Gasteiger partial charge in [-0.25, -0.2) is 8.42 Å². The molecule has 124 valence electrons. The zero-order valence-corrected chi connectivity index (χ0v) is 14.0. The summed E-state index contributed by atoms with van der Waals surface area (Å²) < 4.78 is 22.6. The van der Waals surface area contributed by atoms with Crippen molar-refractivity contribution in [3.8, 4) is 0 Å². The van der Waals surface area contributed by atoms with Gasteiger partial charge in [-0.1, -0.05) is 0 Å². The molecule has 22 heavy (non-hydrogen) atoms. The van der Waals surface area contributed by atoms with E-state index >= 15 is 0 Å². The number of benzene rings is 1. The van der Waals surface area contributed by atoms with E-state index < -0.39 is 9.84 Å². The summed E-state index contributed by atoms with van der Waals surface area (Å²) in [7, 11) is -3.08. The van der Waals surface area contributed by atoms with Crippen LogP contribution in [0.5, 0.6) is 0 Å². The minimum Gasteiger partial charge on any atom is -0.369 e. The topological polar surface area (TPSA) is 73.5 Å². The smallest absolute Gasteiger partial charge is 0.175 e. The number of anilines is 1. The SMILES string of the molecule is C1CNCCN1.CS(=O)(=O)c1ccc(N2CCNCC2)cc1. The van der Waals surface area contributed by atoms with E-state index in [1.165, 1.54) is 6.26 Å². The molecular formula is C15H26N4O2S. The molecule has 0 aliphatic carbocycles. The zero-order chi connectivity index (χ0) is 15.8. The number of hydrogen-bond acceptors (Lipinski definition) is 6. The Hall–Kier alpha value is -1.15. The van der Waals surface area contributed by atoms with E-state index in [2.05, 4.69) is 20.9 Å². The lowest BCUT2D eigenvalue weighted by Crippen LogP contribution is -2.43. The summed E-state index contributed by atoms with van der Waals surface area (Å²) in [4.78, 5) is 2.63. The van der Waals surface area contributed by atoms with Gasteiger partial charge in [-0.2, -0.15) is 0 Å². The molecule has 1 aromatic rings. The first-order valence-electron chi connectivity index (χ1n) is 7.74. The third-order valence-corrected chi connectivity index (χ3v) is 4.83. The number of nitrogens with zero attached hydrogens (tertiary/aromatic N) is 1. The molecular weight excluding hydrogens is 300 g/mol. The van der Waals surface area contributed by atoms with Crippen molar-refractivity contribution in [2.45, 2.75) is 4.90 Å². The standard InChI is InChI=1S/C11H16N2O2S.C4H10N2/c1-16(14,15)11-4-2-10(3-5-11)13-8-6-12-7-9-13;1-2-6-4-3-5-1/h2-5,12H,6-9H2,1H3;5-6H,1-4H2. The third kappa shape index (κ3) is 5.57. The van der Waals surface area contributed by atoms with Gasteiger partial charge in [0.1, 0.15) is 0 Å². The molecule has 3 N–H and O–H groups in total. The molecule has 7 heteroatoms. The lowest BCUT2D eigenvalue weighted by atomic mass is 10.2. The highest BCUT2D eigenvalue weighted by molar-refractivity contribution is 7.90. The van der Waals surface area contributed by atoms with Gasteiger partial charge >= 0.3 is 0 Å². The molecule has 0 unspecified atom stereocenters. The van der Waals surface area contributed by atoms with Crippen LogP contribution in [0.3, 0.4) is 0 Å². The molecule has 3 rings (SSSR count). The summed E-state index contributed by atoms with van der Waals surface area (Å²) in [5, 5.41) is 9.73. The van der Waals surface area contributed by atoms with Crippen LogP contribution in [0.25, 0.3) is 0 Å². The van der Waals surface area contributed by atoms with Crippen LogP contribution in [0.4, 0.5) is 5.69 Å². The van der Waals surface area contributed by atoms with Crippen molar-refractivity contribution >= 4 is 15.5 Å². The van der Waals surface area contributed by atoms with E-state index in [1.807, 2.05) is 12.1 Å². The Morgan fingerprint density at radius 3 is 1.68 bits per heavy atom. The first-order chi connectivity index (χ1) is 10.6. The Morgan fingerprint density at radius 1 is 0.818 bits per heavy atom. The molecule has 2 aliphatic rings. The number of sulfone groups is 1. The Morgan fingerprint density at radius 2 is 1.27 bits per heavy atom. The second-order valence-corrected chi connectivity index (χ2v) is 7.52. The van der Waals surface area contributed by atoms with Crippen molar-refractivity contribution in [1.82, 2.24) is 16.0 Å². The van der Waals surface area contributed by atoms with Gasteiger partial charge in [0.2, 0.25) is 0 Å². The third-order valence-electron chi connectivity index (χ3n) is 3.70. The first kappa shape index (κ1) is 17.2. The molecule has 2 aliphatic heterocycles. The monoisotopic (exact) mass is 326 g/mol. The Labute approximate surface area is 133 Å². The van der Waals surface area contributed by atoms with Crippen molar-refractivity contribution in [1.29, 1.82) is 0 Å². The Bertz CT molecular complexity index is 524. The second-order valence-electron chi connectivity index (χ2n) is 5.50. The first-order valence-corrected chi connectivity index (χ1v) is 9.64. The van der Waals surface area contributed by atoms with Gasteiger partial charge in [-0.3, -0.25) is 0 Å². The van der Waals surface area contributed by atoms with E-state index in [9.17, 15) is 8.42 Å². The number of hydrogen-bond donors (Lipinski definition) is 3. The van der Waals surface area contributed by atoms with E-state index in [0.717, 1.165) is 58.0 Å². The lowest BCUT2D eigenvalue weighted by molar-refractivity contribution is 0.534. The van der Waals surface area contributed by atoms with Crippen LogP contribution in [0.2, 0.25) is 0 Å². The molecule has 0 spiro atoms. The number of nitrogens with one attached hydrogen (secondary N) is 3. The predicted molar refractivity (Wildman–Crippen MR) is 90.4 cm³/mol. The van der Waals surface area contributed by atoms with Gasteiger partial charge in [-0.05, 0) is 24.3 Å². The second kappa shape index (κ2) is 8.47. The van der Waals surface area contributed by atoms with Crippen molar-refractivity contribution in [3.05, 3.63) is 24.3 Å². The van der Waals surface area contributed by atoms with Crippen molar-refractivity contribution in [2.24, 2.45) is 0 Å². The maximum atomic E-state index is 11.3. The van der Waals surface area contributed by atoms with Crippen LogP contribution in [-0.2, 0) is 9.84 Å². The summed E-state index contributed by atoms with van der Waals surface area (Å²) in [5.74, 6) is 0. The van der Waals surface area contributed by atoms with Crippen molar-refractivity contribution in [3.63, 3.8) is 0 Å². The van der Waals surface area contributed by atoms with Crippen LogP contribution >= 0.6 is 0 Å². The summed E-state index contributed by atoms with van der Waals surface area (Å²) in [6.45, 7) is 8.46. The van der Waals surface area contributed by atoms with Crippen LogP contribution in [-0.4, -0.2) is 67.0 Å². The zero-order valence-electron chi connectivity index (χ0n) is 13.1. The summed E-state index contributed by atoms with van der Waals surface area (Å²) in [6, 6.07) is 7.10. The van der Waals surface area contributed by atoms with E-state index in [0.29, 0.717) is 4.90 Å². The summed E-state index contributed by atoms with van der Waals surface area (Å²) >= 11 is 0. The fraction of sp³-hybridized carbons (Fsp3) is 0.600. The van der Waals surface area contributed by atoms with Gasteiger partial charge in [0, 0.05) is 64.3 Å². The lowest BCUT2D eigenvalue weighted by Gasteiger charge is -2.29. The molecule has 1 aromatic carbocycles. The van der Waals surface area contributed by atoms with Crippen molar-refractivity contribution in [2.75, 3.05) is 63.5 Å². The predicted octanol–water partition coefficient (Wildman–Crippen LogP) is -0.321. The minimum atomic E-state index is -3.08. The fourth-order valence-corrected chi connectivity index (χ4v) is 3.06. The maximum Gasteiger partial charge on any atom is 0.175 e. The van der Waals surface area contributed by atoms with Crippen LogP contribution < -0.4 is 20.9 Å². The summed E-state index contributed by atoms with van der Waals surface area (Å²) in [5.41, 5.74) is 1.09. The largest absolute Gasteiger partial charge is 0.369 e. The van der Waals surface area contributed by atoms with Gasteiger partial charge in [0.05, 0.1) is 4.90 Å². The molecule has 0 aromatic heterocycles. The fourth-order valence-electron chi connectivity index (χ4n) is 2.43. The maximum absolute atomic E-state index is 11.3. The summed E-state index contributed by atoms with van der Waals surface area (Å²) in [6.07, 6.45) is 1.23. The van der Waals surface area contributed by atoms with E-state index in [4.69, 9.17) is 0 Å². The highest BCUT2D eigenvalue weighted by atomic mass is 32.2. The van der Waals surface area contributed by atoms with Gasteiger partial charge < -0.3 is 20.9 Å². The number of piperazine rings is 2. The normalized spacial score (nSPS) is 19.2. The van der Waals surface area contributed by atoms with Crippen LogP contribution in [0.1, 0.15) is 0 Å². The minimum absolute atomic E-state index is 0.381. The van der Waals surface area contributed by atoms with E-state index in [1.54, 1.807) is 12.1 Å². The molecule has 2 saturated heterocycles. The quantitative estimate of drug-likeness (QED) is 0.692. The molecule has 0 radical (unpaired) electrons. The molecule has 0 bridgehead atoms. The Balaban J connectivity index is 0.000000246. The molecule has 2 fully saturated rings. The molecule has 6 nitrogen and oxygen atoms in total. The molecule has 0 saturated carbocycles. The highest BCUT2D eigenvalue weighted by Gasteiger charge is 2.11. The van der Waals surface area contributed by atoms with Crippen LogP contribution in [0, 0.1) is 0 Å². The van der Waals surface area contributed by atoms with Gasteiger partial charge in [-0.15, -0.1) is 0 Å².